The van der Waals surface area contributed by atoms with E-state index in [1.165, 1.54) is 4.31 Å². The molecule has 0 radical (unpaired) electrons. The summed E-state index contributed by atoms with van der Waals surface area (Å²) in [6.07, 6.45) is 0.542. The maximum atomic E-state index is 13.0. The average Bonchev–Trinajstić information content (AvgIpc) is 3.05. The molecule has 0 saturated heterocycles. The smallest absolute Gasteiger partial charge is 0.217 e. The molecule has 0 atom stereocenters. The van der Waals surface area contributed by atoms with Crippen molar-refractivity contribution in [3.63, 3.8) is 0 Å². The highest BCUT2D eigenvalue weighted by Gasteiger charge is 2.32. The molecule has 1 aliphatic heterocycles. The van der Waals surface area contributed by atoms with Gasteiger partial charge in [-0.15, -0.1) is 5.10 Å². The molecule has 0 aliphatic carbocycles. The van der Waals surface area contributed by atoms with Gasteiger partial charge in [0.05, 0.1) is 22.9 Å². The first-order valence-electron chi connectivity index (χ1n) is 8.22. The van der Waals surface area contributed by atoms with E-state index in [2.05, 4.69) is 10.3 Å². The Labute approximate surface area is 157 Å². The van der Waals surface area contributed by atoms with Gasteiger partial charge >= 0.3 is 0 Å². The van der Waals surface area contributed by atoms with Gasteiger partial charge in [0, 0.05) is 13.0 Å². The van der Waals surface area contributed by atoms with Gasteiger partial charge in [-0.05, 0) is 36.8 Å². The average molecular weight is 389 g/mol. The minimum atomic E-state index is -3.68. The number of fused-ring (bicyclic) bond motifs is 1. The van der Waals surface area contributed by atoms with Gasteiger partial charge in [0.1, 0.15) is 10.6 Å². The Hall–Kier alpha value is -2.22. The fraction of sp³-hybridized carbons (Fsp3) is 0.222. The predicted octanol–water partition coefficient (Wildman–Crippen LogP) is 2.98. The van der Waals surface area contributed by atoms with Crippen LogP contribution in [0.3, 0.4) is 0 Å². The Morgan fingerprint density at radius 3 is 2.62 bits per heavy atom. The number of hydrogen-bond acceptors (Lipinski definition) is 4. The van der Waals surface area contributed by atoms with E-state index >= 15 is 0 Å². The fourth-order valence-corrected chi connectivity index (χ4v) is 5.09. The topological polar surface area (TPSA) is 68.1 Å². The lowest BCUT2D eigenvalue weighted by Crippen LogP contribution is -2.36. The zero-order chi connectivity index (χ0) is 18.3. The molecular weight excluding hydrogens is 372 g/mol. The molecule has 2 aromatic carbocycles. The van der Waals surface area contributed by atoms with Gasteiger partial charge in [-0.2, -0.15) is 4.31 Å². The van der Waals surface area contributed by atoms with Crippen molar-refractivity contribution in [2.45, 2.75) is 24.8 Å². The monoisotopic (exact) mass is 388 g/mol. The van der Waals surface area contributed by atoms with Crippen molar-refractivity contribution in [3.05, 3.63) is 70.5 Å². The van der Waals surface area contributed by atoms with E-state index in [1.807, 2.05) is 37.3 Å². The molecule has 0 N–H and O–H groups in total. The first-order chi connectivity index (χ1) is 12.5. The molecule has 2 heterocycles. The molecule has 6 nitrogen and oxygen atoms in total. The highest BCUT2D eigenvalue weighted by Crippen LogP contribution is 2.29. The Bertz CT molecular complexity index is 1060. The van der Waals surface area contributed by atoms with E-state index in [0.29, 0.717) is 18.7 Å². The van der Waals surface area contributed by atoms with E-state index < -0.39 is 10.0 Å². The zero-order valence-corrected chi connectivity index (χ0v) is 15.7. The molecule has 0 saturated carbocycles. The van der Waals surface area contributed by atoms with E-state index in [9.17, 15) is 8.42 Å². The maximum Gasteiger partial charge on any atom is 0.244 e. The number of para-hydroxylation sites is 1. The van der Waals surface area contributed by atoms with Gasteiger partial charge in [0.15, 0.2) is 0 Å². The maximum absolute atomic E-state index is 13.0. The highest BCUT2D eigenvalue weighted by atomic mass is 35.5. The molecule has 0 spiro atoms. The van der Waals surface area contributed by atoms with Crippen LogP contribution in [0.1, 0.15) is 17.0 Å². The van der Waals surface area contributed by atoms with E-state index in [4.69, 9.17) is 11.6 Å². The second kappa shape index (κ2) is 6.50. The van der Waals surface area contributed by atoms with Gasteiger partial charge in [-0.25, -0.2) is 13.1 Å². The molecule has 1 aliphatic rings. The third-order valence-electron chi connectivity index (χ3n) is 4.47. The summed E-state index contributed by atoms with van der Waals surface area (Å²) < 4.78 is 29.2. The first-order valence-corrected chi connectivity index (χ1v) is 10.0. The molecule has 0 bridgehead atoms. The van der Waals surface area contributed by atoms with Gasteiger partial charge in [0.25, 0.3) is 0 Å². The van der Waals surface area contributed by atoms with Crippen LogP contribution >= 0.6 is 11.6 Å². The summed E-state index contributed by atoms with van der Waals surface area (Å²) in [6, 6.07) is 14.7. The van der Waals surface area contributed by atoms with E-state index in [0.717, 1.165) is 16.9 Å². The number of aromatic nitrogens is 3. The van der Waals surface area contributed by atoms with Crippen molar-refractivity contribution in [1.29, 1.82) is 0 Å². The minimum absolute atomic E-state index is 0.128. The normalized spacial score (nSPS) is 15.0. The number of hydrogen-bond donors (Lipinski definition) is 0. The molecule has 0 unspecified atom stereocenters. The van der Waals surface area contributed by atoms with Crippen LogP contribution in [-0.2, 0) is 23.0 Å². The molecule has 26 heavy (non-hydrogen) atoms. The quantitative estimate of drug-likeness (QED) is 0.691. The van der Waals surface area contributed by atoms with Crippen LogP contribution in [0.25, 0.3) is 5.69 Å². The molecule has 134 valence electrons. The minimum Gasteiger partial charge on any atom is -0.217 e. The van der Waals surface area contributed by atoms with Crippen LogP contribution in [-0.4, -0.2) is 34.3 Å². The van der Waals surface area contributed by atoms with Crippen LogP contribution < -0.4 is 0 Å². The summed E-state index contributed by atoms with van der Waals surface area (Å²) in [5, 5.41) is 8.65. The summed E-state index contributed by atoms with van der Waals surface area (Å²) in [4.78, 5) is 0.128. The highest BCUT2D eigenvalue weighted by molar-refractivity contribution is 7.89. The van der Waals surface area contributed by atoms with Gasteiger partial charge in [-0.1, -0.05) is 41.1 Å². The first kappa shape index (κ1) is 17.2. The Balaban J connectivity index is 1.66. The number of aryl methyl sites for hydroxylation is 1. The molecule has 4 rings (SSSR count). The van der Waals surface area contributed by atoms with Crippen LogP contribution in [0.4, 0.5) is 0 Å². The van der Waals surface area contributed by atoms with Crippen LogP contribution in [0, 0.1) is 6.92 Å². The Morgan fingerprint density at radius 1 is 1.12 bits per heavy atom. The molecule has 8 heteroatoms. The van der Waals surface area contributed by atoms with Crippen molar-refractivity contribution >= 4 is 21.6 Å². The van der Waals surface area contributed by atoms with E-state index in [-0.39, 0.29) is 16.5 Å². The van der Waals surface area contributed by atoms with E-state index in [1.54, 1.807) is 22.9 Å². The third-order valence-corrected chi connectivity index (χ3v) is 6.80. The van der Waals surface area contributed by atoms with Crippen molar-refractivity contribution in [2.75, 3.05) is 6.54 Å². The third kappa shape index (κ3) is 2.92. The molecule has 0 amide bonds. The summed E-state index contributed by atoms with van der Waals surface area (Å²) >= 11 is 6.18. The number of sulfonamides is 1. The Morgan fingerprint density at radius 2 is 1.88 bits per heavy atom. The number of halogens is 1. The molecular formula is C18H17ClN4O2S. The molecule has 0 fully saturated rings. The second-order valence-corrected chi connectivity index (χ2v) is 8.57. The van der Waals surface area contributed by atoms with Crippen LogP contribution in [0.2, 0.25) is 5.02 Å². The summed E-state index contributed by atoms with van der Waals surface area (Å²) in [7, 11) is -3.68. The SMILES string of the molecule is Cc1ccc(S(=O)(=O)N2CCc3c(nnn3-c3ccccc3)C2)c(Cl)c1. The van der Waals surface area contributed by atoms with Crippen LogP contribution in [0.15, 0.2) is 53.4 Å². The van der Waals surface area contributed by atoms with Crippen molar-refractivity contribution < 1.29 is 8.42 Å². The fourth-order valence-electron chi connectivity index (χ4n) is 3.12. The van der Waals surface area contributed by atoms with Crippen molar-refractivity contribution in [2.24, 2.45) is 0 Å². The zero-order valence-electron chi connectivity index (χ0n) is 14.1. The lowest BCUT2D eigenvalue weighted by Gasteiger charge is -2.26. The van der Waals surface area contributed by atoms with Crippen molar-refractivity contribution in [3.8, 4) is 5.69 Å². The van der Waals surface area contributed by atoms with Gasteiger partial charge in [-0.3, -0.25) is 0 Å². The van der Waals surface area contributed by atoms with Crippen LogP contribution in [0.5, 0.6) is 0 Å². The van der Waals surface area contributed by atoms with Gasteiger partial charge in [0.2, 0.25) is 10.0 Å². The van der Waals surface area contributed by atoms with Crippen molar-refractivity contribution in [1.82, 2.24) is 19.3 Å². The molecule has 1 aromatic heterocycles. The number of rotatable bonds is 3. The molecule has 3 aromatic rings. The lowest BCUT2D eigenvalue weighted by atomic mass is 10.2. The summed E-state index contributed by atoms with van der Waals surface area (Å²) in [6.45, 7) is 2.42. The lowest BCUT2D eigenvalue weighted by molar-refractivity contribution is 0.384. The number of nitrogens with zero attached hydrogens (tertiary/aromatic N) is 4. The Kier molecular flexibility index (Phi) is 4.30. The summed E-state index contributed by atoms with van der Waals surface area (Å²) in [5.74, 6) is 0. The number of benzene rings is 2. The standard InChI is InChI=1S/C18H17ClN4O2S/c1-13-7-8-18(15(19)11-13)26(24,25)22-10-9-17-16(12-22)20-21-23(17)14-5-3-2-4-6-14/h2-8,11H,9-10,12H2,1H3. The largest absolute Gasteiger partial charge is 0.244 e. The summed E-state index contributed by atoms with van der Waals surface area (Å²) in [5.41, 5.74) is 3.45. The predicted molar refractivity (Wildman–Crippen MR) is 98.8 cm³/mol. The van der Waals surface area contributed by atoms with Gasteiger partial charge < -0.3 is 0 Å². The second-order valence-electron chi connectivity index (χ2n) is 6.25.